The highest BCUT2D eigenvalue weighted by Crippen LogP contribution is 2.10. The van der Waals surface area contributed by atoms with E-state index in [2.05, 4.69) is 15.6 Å². The molecule has 1 amide bonds. The summed E-state index contributed by atoms with van der Waals surface area (Å²) in [4.78, 5) is 27.2. The molecule has 1 aromatic heterocycles. The van der Waals surface area contributed by atoms with Crippen LogP contribution in [0.3, 0.4) is 0 Å². The lowest BCUT2D eigenvalue weighted by Crippen LogP contribution is -2.41. The molecule has 0 aliphatic heterocycles. The molecule has 7 nitrogen and oxygen atoms in total. The zero-order valence-electron chi connectivity index (χ0n) is 12.9. The minimum Gasteiger partial charge on any atom is -0.480 e. The van der Waals surface area contributed by atoms with Crippen LogP contribution in [-0.4, -0.2) is 40.0 Å². The fraction of sp³-hybridized carbons (Fsp3) is 0.333. The summed E-state index contributed by atoms with van der Waals surface area (Å²) in [6.07, 6.45) is 4.94. The summed E-state index contributed by atoms with van der Waals surface area (Å²) in [5.41, 5.74) is 0.635. The predicted molar refractivity (Wildman–Crippen MR) is 88.9 cm³/mol. The Morgan fingerprint density at radius 3 is 2.87 bits per heavy atom. The smallest absolute Gasteiger partial charge is 0.326 e. The molecule has 23 heavy (non-hydrogen) atoms. The lowest BCUT2D eigenvalue weighted by atomic mass is 10.2. The van der Waals surface area contributed by atoms with Gasteiger partial charge in [-0.2, -0.15) is 17.0 Å². The minimum atomic E-state index is -1.13. The van der Waals surface area contributed by atoms with E-state index in [0.717, 1.165) is 5.56 Å². The van der Waals surface area contributed by atoms with Crippen LogP contribution in [0.1, 0.15) is 12.0 Å². The molecule has 0 bridgehead atoms. The van der Waals surface area contributed by atoms with Gasteiger partial charge in [0.2, 0.25) is 0 Å². The van der Waals surface area contributed by atoms with E-state index < -0.39 is 17.9 Å². The zero-order chi connectivity index (χ0) is 17.2. The molecular weight excluding hydrogens is 316 g/mol. The van der Waals surface area contributed by atoms with Gasteiger partial charge in [0.25, 0.3) is 5.91 Å². The van der Waals surface area contributed by atoms with Crippen molar-refractivity contribution < 1.29 is 14.7 Å². The summed E-state index contributed by atoms with van der Waals surface area (Å²) in [7, 11) is 0. The third-order valence-electron chi connectivity index (χ3n) is 2.94. The standard InChI is InChI=1S/C15H18N4O3S/c1-10-4-3-6-17-13(10)18-9-11(8-16)14(20)19-12(15(21)22)5-7-23-2/h3-4,6,9,12H,5,7H2,1-2H3,(H,17,18)(H,19,20)(H,21,22)/b11-9-. The van der Waals surface area contributed by atoms with Crippen LogP contribution in [0, 0.1) is 18.3 Å². The molecule has 1 heterocycles. The van der Waals surface area contributed by atoms with E-state index in [9.17, 15) is 9.59 Å². The lowest BCUT2D eigenvalue weighted by molar-refractivity contribution is -0.141. The second kappa shape index (κ2) is 9.48. The molecule has 0 fully saturated rings. The number of hydrogen-bond donors (Lipinski definition) is 3. The Bertz CT molecular complexity index is 640. The van der Waals surface area contributed by atoms with Crippen molar-refractivity contribution in [1.82, 2.24) is 10.3 Å². The fourth-order valence-corrected chi connectivity index (χ4v) is 2.13. The Morgan fingerprint density at radius 2 is 2.30 bits per heavy atom. The Hall–Kier alpha value is -2.53. The van der Waals surface area contributed by atoms with Crippen molar-refractivity contribution in [2.24, 2.45) is 0 Å². The normalized spacial score (nSPS) is 12.1. The summed E-state index contributed by atoms with van der Waals surface area (Å²) in [6, 6.07) is 4.33. The van der Waals surface area contributed by atoms with Crippen LogP contribution in [-0.2, 0) is 9.59 Å². The Kier molecular flexibility index (Phi) is 7.63. The third-order valence-corrected chi connectivity index (χ3v) is 3.59. The monoisotopic (exact) mass is 334 g/mol. The van der Waals surface area contributed by atoms with E-state index in [-0.39, 0.29) is 12.0 Å². The molecule has 3 N–H and O–H groups in total. The highest BCUT2D eigenvalue weighted by atomic mass is 32.2. The summed E-state index contributed by atoms with van der Waals surface area (Å²) in [6.45, 7) is 1.83. The number of hydrogen-bond acceptors (Lipinski definition) is 6. The first-order valence-corrected chi connectivity index (χ1v) is 8.20. The maximum absolute atomic E-state index is 12.0. The molecule has 0 saturated heterocycles. The van der Waals surface area contributed by atoms with Crippen LogP contribution in [0.2, 0.25) is 0 Å². The number of rotatable bonds is 8. The van der Waals surface area contributed by atoms with Crippen molar-refractivity contribution in [2.45, 2.75) is 19.4 Å². The minimum absolute atomic E-state index is 0.217. The van der Waals surface area contributed by atoms with Gasteiger partial charge in [-0.05, 0) is 37.0 Å². The van der Waals surface area contributed by atoms with Crippen molar-refractivity contribution in [2.75, 3.05) is 17.3 Å². The molecular formula is C15H18N4O3S. The molecule has 8 heteroatoms. The second-order valence-corrected chi connectivity index (χ2v) is 5.61. The average molecular weight is 334 g/mol. The van der Waals surface area contributed by atoms with Crippen LogP contribution in [0.15, 0.2) is 30.1 Å². The van der Waals surface area contributed by atoms with Crippen molar-refractivity contribution in [1.29, 1.82) is 5.26 Å². The van der Waals surface area contributed by atoms with Crippen LogP contribution >= 0.6 is 11.8 Å². The number of carboxylic acids is 1. The molecule has 0 radical (unpaired) electrons. The second-order valence-electron chi connectivity index (χ2n) is 4.63. The van der Waals surface area contributed by atoms with Gasteiger partial charge >= 0.3 is 5.97 Å². The fourth-order valence-electron chi connectivity index (χ4n) is 1.65. The van der Waals surface area contributed by atoms with Gasteiger partial charge in [0, 0.05) is 12.4 Å². The van der Waals surface area contributed by atoms with E-state index in [4.69, 9.17) is 10.4 Å². The number of aliphatic carboxylic acids is 1. The van der Waals surface area contributed by atoms with E-state index in [1.54, 1.807) is 18.3 Å². The SMILES string of the molecule is CSCCC(NC(=O)/C(C#N)=C\Nc1ncccc1C)C(=O)O. The zero-order valence-corrected chi connectivity index (χ0v) is 13.7. The van der Waals surface area contributed by atoms with E-state index in [1.807, 2.05) is 19.2 Å². The van der Waals surface area contributed by atoms with Crippen molar-refractivity contribution >= 4 is 29.5 Å². The highest BCUT2D eigenvalue weighted by Gasteiger charge is 2.21. The molecule has 122 valence electrons. The van der Waals surface area contributed by atoms with Gasteiger partial charge in [-0.25, -0.2) is 9.78 Å². The number of carbonyl (C=O) groups excluding carboxylic acids is 1. The molecule has 1 rings (SSSR count). The topological polar surface area (TPSA) is 115 Å². The Morgan fingerprint density at radius 1 is 1.57 bits per heavy atom. The van der Waals surface area contributed by atoms with E-state index in [1.165, 1.54) is 18.0 Å². The Labute approximate surface area is 138 Å². The number of nitrogens with one attached hydrogen (secondary N) is 2. The molecule has 0 aromatic carbocycles. The summed E-state index contributed by atoms with van der Waals surface area (Å²) in [5.74, 6) is -0.751. The molecule has 0 aliphatic rings. The quantitative estimate of drug-likeness (QED) is 0.488. The van der Waals surface area contributed by atoms with E-state index in [0.29, 0.717) is 11.6 Å². The first-order chi connectivity index (χ1) is 11.0. The molecule has 1 aromatic rings. The maximum atomic E-state index is 12.0. The van der Waals surface area contributed by atoms with Crippen molar-refractivity contribution in [3.63, 3.8) is 0 Å². The van der Waals surface area contributed by atoms with Crippen LogP contribution in [0.4, 0.5) is 5.82 Å². The number of anilines is 1. The number of carboxylic acid groups (broad SMARTS) is 1. The largest absolute Gasteiger partial charge is 0.480 e. The molecule has 0 saturated carbocycles. The summed E-state index contributed by atoms with van der Waals surface area (Å²) >= 11 is 1.48. The molecule has 1 atom stereocenters. The van der Waals surface area contributed by atoms with Crippen LogP contribution in [0.25, 0.3) is 0 Å². The number of nitrogens with zero attached hydrogens (tertiary/aromatic N) is 2. The summed E-state index contributed by atoms with van der Waals surface area (Å²) in [5, 5.41) is 23.3. The molecule has 0 aliphatic carbocycles. The average Bonchev–Trinajstić information content (AvgIpc) is 2.53. The van der Waals surface area contributed by atoms with Gasteiger partial charge in [-0.15, -0.1) is 0 Å². The number of pyridine rings is 1. The van der Waals surface area contributed by atoms with Gasteiger partial charge < -0.3 is 15.7 Å². The lowest BCUT2D eigenvalue weighted by Gasteiger charge is -2.13. The number of carbonyl (C=O) groups is 2. The van der Waals surface area contributed by atoms with Crippen LogP contribution < -0.4 is 10.6 Å². The molecule has 0 spiro atoms. The van der Waals surface area contributed by atoms with Crippen LogP contribution in [0.5, 0.6) is 0 Å². The van der Waals surface area contributed by atoms with Gasteiger partial charge in [-0.1, -0.05) is 6.07 Å². The highest BCUT2D eigenvalue weighted by molar-refractivity contribution is 7.98. The van der Waals surface area contributed by atoms with Gasteiger partial charge in [0.15, 0.2) is 0 Å². The summed E-state index contributed by atoms with van der Waals surface area (Å²) < 4.78 is 0. The van der Waals surface area contributed by atoms with Crippen molar-refractivity contribution in [3.05, 3.63) is 35.7 Å². The number of aromatic nitrogens is 1. The Balaban J connectivity index is 2.78. The number of nitriles is 1. The molecule has 1 unspecified atom stereocenters. The van der Waals surface area contributed by atoms with E-state index >= 15 is 0 Å². The van der Waals surface area contributed by atoms with Gasteiger partial charge in [0.05, 0.1) is 0 Å². The van der Waals surface area contributed by atoms with Gasteiger partial charge in [0.1, 0.15) is 23.5 Å². The maximum Gasteiger partial charge on any atom is 0.326 e. The number of aryl methyl sites for hydroxylation is 1. The first kappa shape index (κ1) is 18.5. The number of amides is 1. The van der Waals surface area contributed by atoms with Crippen molar-refractivity contribution in [3.8, 4) is 6.07 Å². The first-order valence-electron chi connectivity index (χ1n) is 6.80. The predicted octanol–water partition coefficient (Wildman–Crippen LogP) is 1.53. The number of thioether (sulfide) groups is 1. The van der Waals surface area contributed by atoms with Gasteiger partial charge in [-0.3, -0.25) is 4.79 Å². The third kappa shape index (κ3) is 6.00.